The second-order valence-electron chi connectivity index (χ2n) is 5.78. The van der Waals surface area contributed by atoms with E-state index in [1.165, 1.54) is 0 Å². The van der Waals surface area contributed by atoms with Gasteiger partial charge in [0.2, 0.25) is 5.91 Å². The van der Waals surface area contributed by atoms with E-state index in [9.17, 15) is 14.4 Å². The molecule has 7 heteroatoms. The summed E-state index contributed by atoms with van der Waals surface area (Å²) in [6, 6.07) is -0.0231. The first-order valence-corrected chi connectivity index (χ1v) is 7.62. The molecule has 118 valence electrons. The summed E-state index contributed by atoms with van der Waals surface area (Å²) >= 11 is 0. The van der Waals surface area contributed by atoms with E-state index >= 15 is 0 Å². The number of aliphatic carboxylic acids is 1. The van der Waals surface area contributed by atoms with E-state index in [1.54, 1.807) is 4.90 Å². The minimum absolute atomic E-state index is 0.0164. The maximum atomic E-state index is 12.1. The van der Waals surface area contributed by atoms with Crippen molar-refractivity contribution in [1.29, 1.82) is 0 Å². The number of carboxylic acid groups (broad SMARTS) is 1. The van der Waals surface area contributed by atoms with Crippen molar-refractivity contribution < 1.29 is 19.5 Å². The minimum atomic E-state index is -0.843. The highest BCUT2D eigenvalue weighted by molar-refractivity contribution is 5.84. The standard InChI is InChI=1S/C14H23N3O4/c18-12(16-10-4-5-10)9-15-14(21)17-8-2-1-3-11(17)6-7-13(19)20/h10-11H,1-9H2,(H,15,21)(H,16,18)(H,19,20). The van der Waals surface area contributed by atoms with Gasteiger partial charge in [-0.25, -0.2) is 4.79 Å². The monoisotopic (exact) mass is 297 g/mol. The van der Waals surface area contributed by atoms with Gasteiger partial charge in [0.15, 0.2) is 0 Å². The number of nitrogens with one attached hydrogen (secondary N) is 2. The number of hydrogen-bond acceptors (Lipinski definition) is 3. The Bertz CT molecular complexity index is 409. The minimum Gasteiger partial charge on any atom is -0.481 e. The molecule has 1 aliphatic carbocycles. The quantitative estimate of drug-likeness (QED) is 0.672. The normalized spacial score (nSPS) is 21.7. The van der Waals surface area contributed by atoms with E-state index in [1.807, 2.05) is 0 Å². The Morgan fingerprint density at radius 3 is 2.57 bits per heavy atom. The van der Waals surface area contributed by atoms with Crippen LogP contribution in [0.4, 0.5) is 4.79 Å². The zero-order chi connectivity index (χ0) is 15.2. The van der Waals surface area contributed by atoms with Crippen LogP contribution in [0, 0.1) is 0 Å². The van der Waals surface area contributed by atoms with Gasteiger partial charge >= 0.3 is 12.0 Å². The van der Waals surface area contributed by atoms with Gasteiger partial charge in [-0.15, -0.1) is 0 Å². The van der Waals surface area contributed by atoms with Crippen LogP contribution in [-0.4, -0.2) is 53.1 Å². The molecule has 0 spiro atoms. The van der Waals surface area contributed by atoms with E-state index < -0.39 is 5.97 Å². The van der Waals surface area contributed by atoms with Crippen molar-refractivity contribution in [3.05, 3.63) is 0 Å². The van der Waals surface area contributed by atoms with Gasteiger partial charge in [0.25, 0.3) is 0 Å². The fourth-order valence-corrected chi connectivity index (χ4v) is 2.62. The predicted octanol–water partition coefficient (Wildman–Crippen LogP) is 0.694. The van der Waals surface area contributed by atoms with Crippen LogP contribution in [0.15, 0.2) is 0 Å². The number of carboxylic acids is 1. The van der Waals surface area contributed by atoms with Crippen LogP contribution < -0.4 is 10.6 Å². The van der Waals surface area contributed by atoms with Gasteiger partial charge < -0.3 is 20.6 Å². The molecular formula is C14H23N3O4. The highest BCUT2D eigenvalue weighted by atomic mass is 16.4. The molecule has 0 aromatic carbocycles. The SMILES string of the molecule is O=C(O)CCC1CCCCN1C(=O)NCC(=O)NC1CC1. The van der Waals surface area contributed by atoms with E-state index in [4.69, 9.17) is 5.11 Å². The Hall–Kier alpha value is -1.79. The molecule has 2 rings (SSSR count). The van der Waals surface area contributed by atoms with Crippen LogP contribution in [0.5, 0.6) is 0 Å². The molecule has 1 saturated heterocycles. The number of carbonyl (C=O) groups is 3. The van der Waals surface area contributed by atoms with Gasteiger partial charge in [-0.3, -0.25) is 9.59 Å². The number of urea groups is 1. The van der Waals surface area contributed by atoms with Crippen LogP contribution in [0.25, 0.3) is 0 Å². The third-order valence-corrected chi connectivity index (χ3v) is 3.92. The number of piperidine rings is 1. The maximum Gasteiger partial charge on any atom is 0.318 e. The molecule has 1 aliphatic heterocycles. The molecule has 1 heterocycles. The summed E-state index contributed by atoms with van der Waals surface area (Å²) in [5.74, 6) is -1.00. The second kappa shape index (κ2) is 7.28. The number of carbonyl (C=O) groups excluding carboxylic acids is 2. The number of amides is 3. The Kier molecular flexibility index (Phi) is 5.41. The van der Waals surface area contributed by atoms with Gasteiger partial charge in [-0.05, 0) is 38.5 Å². The molecule has 1 unspecified atom stereocenters. The average Bonchev–Trinajstić information content (AvgIpc) is 3.26. The molecule has 1 saturated carbocycles. The molecule has 21 heavy (non-hydrogen) atoms. The third kappa shape index (κ3) is 5.24. The first-order valence-electron chi connectivity index (χ1n) is 7.62. The van der Waals surface area contributed by atoms with Crippen LogP contribution in [-0.2, 0) is 9.59 Å². The molecular weight excluding hydrogens is 274 g/mol. The lowest BCUT2D eigenvalue weighted by atomic mass is 9.98. The third-order valence-electron chi connectivity index (χ3n) is 3.92. The fourth-order valence-electron chi connectivity index (χ4n) is 2.62. The Labute approximate surface area is 124 Å². The molecule has 3 amide bonds. The van der Waals surface area contributed by atoms with Crippen LogP contribution >= 0.6 is 0 Å². The summed E-state index contributed by atoms with van der Waals surface area (Å²) in [5.41, 5.74) is 0. The molecule has 2 aliphatic rings. The van der Waals surface area contributed by atoms with Crippen molar-refractivity contribution in [1.82, 2.24) is 15.5 Å². The summed E-state index contributed by atoms with van der Waals surface area (Å²) in [7, 11) is 0. The molecule has 1 atom stereocenters. The number of rotatable bonds is 6. The predicted molar refractivity (Wildman–Crippen MR) is 75.8 cm³/mol. The molecule has 7 nitrogen and oxygen atoms in total. The van der Waals surface area contributed by atoms with Crippen molar-refractivity contribution in [3.8, 4) is 0 Å². The summed E-state index contributed by atoms with van der Waals surface area (Å²) < 4.78 is 0. The average molecular weight is 297 g/mol. The van der Waals surface area contributed by atoms with E-state index in [2.05, 4.69) is 10.6 Å². The first kappa shape index (κ1) is 15.6. The van der Waals surface area contributed by atoms with Crippen LogP contribution in [0.1, 0.15) is 44.9 Å². The van der Waals surface area contributed by atoms with Gasteiger partial charge in [-0.1, -0.05) is 0 Å². The maximum absolute atomic E-state index is 12.1. The lowest BCUT2D eigenvalue weighted by molar-refractivity contribution is -0.137. The smallest absolute Gasteiger partial charge is 0.318 e. The summed E-state index contributed by atoms with van der Waals surface area (Å²) in [6.07, 6.45) is 5.33. The van der Waals surface area contributed by atoms with Crippen molar-refractivity contribution in [3.63, 3.8) is 0 Å². The van der Waals surface area contributed by atoms with Crippen molar-refractivity contribution in [2.45, 2.75) is 57.0 Å². The Morgan fingerprint density at radius 1 is 1.14 bits per heavy atom. The van der Waals surface area contributed by atoms with Crippen molar-refractivity contribution >= 4 is 17.9 Å². The van der Waals surface area contributed by atoms with Gasteiger partial charge in [0, 0.05) is 25.0 Å². The molecule has 2 fully saturated rings. The van der Waals surface area contributed by atoms with Crippen LogP contribution in [0.3, 0.4) is 0 Å². The lowest BCUT2D eigenvalue weighted by Gasteiger charge is -2.35. The fraction of sp³-hybridized carbons (Fsp3) is 0.786. The van der Waals surface area contributed by atoms with Gasteiger partial charge in [0.1, 0.15) is 0 Å². The Balaban J connectivity index is 1.76. The molecule has 0 aromatic rings. The first-order chi connectivity index (χ1) is 10.1. The number of hydrogen-bond donors (Lipinski definition) is 3. The topological polar surface area (TPSA) is 98.7 Å². The lowest BCUT2D eigenvalue weighted by Crippen LogP contribution is -2.50. The van der Waals surface area contributed by atoms with Gasteiger partial charge in [0.05, 0.1) is 6.54 Å². The zero-order valence-corrected chi connectivity index (χ0v) is 12.1. The van der Waals surface area contributed by atoms with E-state index in [-0.39, 0.29) is 37.0 Å². The highest BCUT2D eigenvalue weighted by Gasteiger charge is 2.28. The molecule has 3 N–H and O–H groups in total. The number of likely N-dealkylation sites (tertiary alicyclic amines) is 1. The zero-order valence-electron chi connectivity index (χ0n) is 12.1. The van der Waals surface area contributed by atoms with Crippen LogP contribution in [0.2, 0.25) is 0 Å². The second-order valence-corrected chi connectivity index (χ2v) is 5.78. The van der Waals surface area contributed by atoms with E-state index in [0.717, 1.165) is 32.1 Å². The molecule has 0 bridgehead atoms. The van der Waals surface area contributed by atoms with E-state index in [0.29, 0.717) is 13.0 Å². The Morgan fingerprint density at radius 2 is 1.90 bits per heavy atom. The van der Waals surface area contributed by atoms with Crippen molar-refractivity contribution in [2.24, 2.45) is 0 Å². The van der Waals surface area contributed by atoms with Gasteiger partial charge in [-0.2, -0.15) is 0 Å². The summed E-state index contributed by atoms with van der Waals surface area (Å²) in [4.78, 5) is 36.0. The molecule has 0 radical (unpaired) electrons. The number of nitrogens with zero attached hydrogens (tertiary/aromatic N) is 1. The summed E-state index contributed by atoms with van der Waals surface area (Å²) in [6.45, 7) is 0.609. The summed E-state index contributed by atoms with van der Waals surface area (Å²) in [5, 5.41) is 14.2. The molecule has 0 aromatic heterocycles. The largest absolute Gasteiger partial charge is 0.481 e. The highest BCUT2D eigenvalue weighted by Crippen LogP contribution is 2.21. The van der Waals surface area contributed by atoms with Crippen molar-refractivity contribution in [2.75, 3.05) is 13.1 Å².